The number of hydrogen-bond acceptors (Lipinski definition) is 3. The van der Waals surface area contributed by atoms with Gasteiger partial charge in [0.1, 0.15) is 0 Å². The largest absolute Gasteiger partial charge is 0.350 e. The molecule has 2 atom stereocenters. The van der Waals surface area contributed by atoms with Gasteiger partial charge in [-0.3, -0.25) is 0 Å². The van der Waals surface area contributed by atoms with E-state index in [1.165, 1.54) is 22.2 Å². The number of benzene rings is 1. The van der Waals surface area contributed by atoms with Gasteiger partial charge in [0.05, 0.1) is 6.04 Å². The predicted octanol–water partition coefficient (Wildman–Crippen LogP) is 2.52. The Labute approximate surface area is 125 Å². The Bertz CT molecular complexity index is 700. The van der Waals surface area contributed by atoms with E-state index >= 15 is 0 Å². The van der Waals surface area contributed by atoms with Crippen LogP contribution in [0.1, 0.15) is 24.9 Å². The summed E-state index contributed by atoms with van der Waals surface area (Å²) in [6, 6.07) is 8.97. The molecule has 1 fully saturated rings. The van der Waals surface area contributed by atoms with Gasteiger partial charge in [-0.15, -0.1) is 0 Å². The van der Waals surface area contributed by atoms with Crippen molar-refractivity contribution in [1.29, 1.82) is 0 Å². The molecule has 0 saturated carbocycles. The first-order chi connectivity index (χ1) is 10.3. The second-order valence-corrected chi connectivity index (χ2v) is 6.17. The van der Waals surface area contributed by atoms with Crippen LogP contribution in [0.3, 0.4) is 0 Å². The van der Waals surface area contributed by atoms with E-state index in [9.17, 15) is 0 Å². The summed E-state index contributed by atoms with van der Waals surface area (Å²) < 4.78 is 2.23. The van der Waals surface area contributed by atoms with Crippen LogP contribution in [0.15, 0.2) is 35.6 Å². The predicted molar refractivity (Wildman–Crippen MR) is 86.5 cm³/mol. The molecular formula is C17H22N4. The lowest BCUT2D eigenvalue weighted by Crippen LogP contribution is -2.41. The molecule has 2 aliphatic rings. The van der Waals surface area contributed by atoms with Crippen molar-refractivity contribution in [1.82, 2.24) is 14.9 Å². The summed E-state index contributed by atoms with van der Waals surface area (Å²) in [5.74, 6) is 0.518. The Morgan fingerprint density at radius 2 is 2.19 bits per heavy atom. The standard InChI is InChI=1S/C17H22N4/c1-3-21-9-8-15-14(11-21)17(19-18-15)13-10-20(2)16-7-5-4-6-12(13)16/h4-7,10,14,17,19H,3,8-9,11H2,1-2H3. The van der Waals surface area contributed by atoms with Crippen LogP contribution in [-0.4, -0.2) is 34.8 Å². The van der Waals surface area contributed by atoms with Crippen molar-refractivity contribution in [2.45, 2.75) is 19.4 Å². The first-order valence-corrected chi connectivity index (χ1v) is 7.86. The van der Waals surface area contributed by atoms with Gasteiger partial charge >= 0.3 is 0 Å². The number of rotatable bonds is 2. The zero-order valence-electron chi connectivity index (χ0n) is 12.7. The third kappa shape index (κ3) is 1.97. The summed E-state index contributed by atoms with van der Waals surface area (Å²) in [6.45, 7) is 5.65. The van der Waals surface area contributed by atoms with Crippen LogP contribution in [0.5, 0.6) is 0 Å². The van der Waals surface area contributed by atoms with E-state index in [0.29, 0.717) is 12.0 Å². The Kier molecular flexibility index (Phi) is 3.00. The van der Waals surface area contributed by atoms with Crippen LogP contribution in [0.25, 0.3) is 10.9 Å². The average Bonchev–Trinajstić information content (AvgIpc) is 3.08. The zero-order valence-corrected chi connectivity index (χ0v) is 12.7. The first-order valence-electron chi connectivity index (χ1n) is 7.86. The highest BCUT2D eigenvalue weighted by Gasteiger charge is 2.37. The third-order valence-corrected chi connectivity index (χ3v) is 5.03. The maximum absolute atomic E-state index is 4.63. The highest BCUT2D eigenvalue weighted by atomic mass is 15.4. The minimum absolute atomic E-state index is 0.320. The van der Waals surface area contributed by atoms with Gasteiger partial charge < -0.3 is 14.9 Å². The zero-order chi connectivity index (χ0) is 14.4. The number of fused-ring (bicyclic) bond motifs is 2. The van der Waals surface area contributed by atoms with E-state index in [-0.39, 0.29) is 0 Å². The number of nitrogens with zero attached hydrogens (tertiary/aromatic N) is 3. The van der Waals surface area contributed by atoms with Crippen LogP contribution < -0.4 is 5.43 Å². The van der Waals surface area contributed by atoms with E-state index in [1.54, 1.807) is 0 Å². The van der Waals surface area contributed by atoms with Crippen molar-refractivity contribution >= 4 is 16.6 Å². The maximum atomic E-state index is 4.63. The summed E-state index contributed by atoms with van der Waals surface area (Å²) in [7, 11) is 2.13. The van der Waals surface area contributed by atoms with Crippen molar-refractivity contribution in [3.8, 4) is 0 Å². The lowest BCUT2D eigenvalue weighted by atomic mass is 9.86. The van der Waals surface area contributed by atoms with Gasteiger partial charge in [-0.05, 0) is 12.6 Å². The lowest BCUT2D eigenvalue weighted by molar-refractivity contribution is 0.239. The number of nitrogens with one attached hydrogen (secondary N) is 1. The van der Waals surface area contributed by atoms with Crippen molar-refractivity contribution in [3.05, 3.63) is 36.0 Å². The second-order valence-electron chi connectivity index (χ2n) is 6.17. The van der Waals surface area contributed by atoms with Crippen LogP contribution in [0.4, 0.5) is 0 Å². The summed E-state index contributed by atoms with van der Waals surface area (Å²) in [5, 5.41) is 5.98. The van der Waals surface area contributed by atoms with Gasteiger partial charge in [-0.1, -0.05) is 25.1 Å². The molecule has 110 valence electrons. The molecule has 2 unspecified atom stereocenters. The van der Waals surface area contributed by atoms with Gasteiger partial charge in [0.2, 0.25) is 0 Å². The number of piperidine rings is 1. The van der Waals surface area contributed by atoms with E-state index in [4.69, 9.17) is 0 Å². The van der Waals surface area contributed by atoms with E-state index in [0.717, 1.165) is 26.1 Å². The fraction of sp³-hybridized carbons (Fsp3) is 0.471. The second kappa shape index (κ2) is 4.88. The SMILES string of the molecule is CCN1CCC2=NNC(c3cn(C)c4ccccc34)C2C1. The highest BCUT2D eigenvalue weighted by Crippen LogP contribution is 2.36. The first kappa shape index (κ1) is 12.9. The fourth-order valence-corrected chi connectivity index (χ4v) is 3.81. The molecule has 4 rings (SSSR count). The molecule has 0 amide bonds. The molecule has 21 heavy (non-hydrogen) atoms. The smallest absolute Gasteiger partial charge is 0.0803 e. The molecule has 0 bridgehead atoms. The van der Waals surface area contributed by atoms with Gasteiger partial charge in [0.25, 0.3) is 0 Å². The Morgan fingerprint density at radius 1 is 1.33 bits per heavy atom. The maximum Gasteiger partial charge on any atom is 0.0803 e. The van der Waals surface area contributed by atoms with E-state index in [1.807, 2.05) is 0 Å². The summed E-state index contributed by atoms with van der Waals surface area (Å²) in [6.07, 6.45) is 3.37. The third-order valence-electron chi connectivity index (χ3n) is 5.03. The molecule has 1 N–H and O–H groups in total. The fourth-order valence-electron chi connectivity index (χ4n) is 3.81. The monoisotopic (exact) mass is 282 g/mol. The molecule has 1 aromatic carbocycles. The van der Waals surface area contributed by atoms with Crippen LogP contribution in [-0.2, 0) is 7.05 Å². The van der Waals surface area contributed by atoms with Crippen molar-refractivity contribution in [3.63, 3.8) is 0 Å². The number of para-hydroxylation sites is 1. The van der Waals surface area contributed by atoms with Gasteiger partial charge in [-0.2, -0.15) is 5.10 Å². The molecule has 2 aliphatic heterocycles. The van der Waals surface area contributed by atoms with Gasteiger partial charge in [0, 0.05) is 60.9 Å². The summed E-state index contributed by atoms with van der Waals surface area (Å²) >= 11 is 0. The lowest BCUT2D eigenvalue weighted by Gasteiger charge is -2.32. The summed E-state index contributed by atoms with van der Waals surface area (Å²) in [5.41, 5.74) is 7.45. The minimum Gasteiger partial charge on any atom is -0.350 e. The van der Waals surface area contributed by atoms with E-state index < -0.39 is 0 Å². The molecule has 1 saturated heterocycles. The van der Waals surface area contributed by atoms with Crippen molar-refractivity contribution in [2.24, 2.45) is 18.1 Å². The number of likely N-dealkylation sites (tertiary alicyclic amines) is 1. The average molecular weight is 282 g/mol. The number of aryl methyl sites for hydroxylation is 1. The van der Waals surface area contributed by atoms with Crippen LogP contribution in [0.2, 0.25) is 0 Å². The Balaban J connectivity index is 1.73. The Morgan fingerprint density at radius 3 is 3.05 bits per heavy atom. The quantitative estimate of drug-likeness (QED) is 0.918. The molecule has 3 heterocycles. The van der Waals surface area contributed by atoms with Crippen molar-refractivity contribution < 1.29 is 0 Å². The molecule has 1 aromatic heterocycles. The molecule has 2 aromatic rings. The van der Waals surface area contributed by atoms with Gasteiger partial charge in [0.15, 0.2) is 0 Å². The van der Waals surface area contributed by atoms with E-state index in [2.05, 4.69) is 64.4 Å². The minimum atomic E-state index is 0.320. The topological polar surface area (TPSA) is 32.6 Å². The molecule has 0 aliphatic carbocycles. The molecule has 4 heteroatoms. The molecule has 4 nitrogen and oxygen atoms in total. The van der Waals surface area contributed by atoms with Gasteiger partial charge in [-0.25, -0.2) is 0 Å². The Hall–Kier alpha value is -1.81. The molecular weight excluding hydrogens is 260 g/mol. The number of aromatic nitrogens is 1. The highest BCUT2D eigenvalue weighted by molar-refractivity contribution is 5.92. The van der Waals surface area contributed by atoms with Crippen LogP contribution >= 0.6 is 0 Å². The van der Waals surface area contributed by atoms with Crippen LogP contribution in [0, 0.1) is 5.92 Å². The van der Waals surface area contributed by atoms with Crippen molar-refractivity contribution in [2.75, 3.05) is 19.6 Å². The summed E-state index contributed by atoms with van der Waals surface area (Å²) in [4.78, 5) is 2.54. The normalized spacial score (nSPS) is 25.7. The number of hydrazone groups is 1. The molecule has 0 spiro atoms. The molecule has 0 radical (unpaired) electrons. The number of hydrogen-bond donors (Lipinski definition) is 1.